The van der Waals surface area contributed by atoms with Gasteiger partial charge in [-0.3, -0.25) is 9.69 Å². The van der Waals surface area contributed by atoms with Gasteiger partial charge < -0.3 is 14.7 Å². The molecule has 1 unspecified atom stereocenters. The van der Waals surface area contributed by atoms with Gasteiger partial charge in [0.15, 0.2) is 6.04 Å². The largest absolute Gasteiger partial charge is 0.480 e. The van der Waals surface area contributed by atoms with E-state index in [1.54, 1.807) is 6.07 Å². The van der Waals surface area contributed by atoms with Crippen molar-refractivity contribution in [3.63, 3.8) is 0 Å². The van der Waals surface area contributed by atoms with Crippen LogP contribution in [0.25, 0.3) is 10.8 Å². The molecule has 0 bridgehead atoms. The first-order chi connectivity index (χ1) is 13.1. The van der Waals surface area contributed by atoms with Crippen LogP contribution in [0.5, 0.6) is 0 Å². The van der Waals surface area contributed by atoms with E-state index in [0.29, 0.717) is 18.4 Å². The molecule has 4 rings (SSSR count). The Kier molecular flexibility index (Phi) is 4.61. The minimum absolute atomic E-state index is 0.0396. The highest BCUT2D eigenvalue weighted by Crippen LogP contribution is 2.39. The molecule has 142 valence electrons. The number of fused-ring (bicyclic) bond motifs is 1. The molecule has 1 spiro atoms. The van der Waals surface area contributed by atoms with Crippen molar-refractivity contribution in [3.8, 4) is 0 Å². The Balaban J connectivity index is 1.75. The Hall–Kier alpha value is -2.44. The predicted molar refractivity (Wildman–Crippen MR) is 102 cm³/mol. The number of ether oxygens (including phenoxy) is 1. The van der Waals surface area contributed by atoms with E-state index in [-0.39, 0.29) is 12.5 Å². The van der Waals surface area contributed by atoms with Crippen LogP contribution >= 0.6 is 0 Å². The molecule has 0 aromatic heterocycles. The molecule has 1 amide bonds. The van der Waals surface area contributed by atoms with Crippen molar-refractivity contribution in [3.05, 3.63) is 48.0 Å². The molecule has 2 aliphatic rings. The quantitative estimate of drug-likeness (QED) is 0.902. The molecule has 2 heterocycles. The summed E-state index contributed by atoms with van der Waals surface area (Å²) in [6.45, 7) is 4.67. The van der Waals surface area contributed by atoms with Crippen LogP contribution < -0.4 is 0 Å². The SMILES string of the molecule is CCN1CCC2(CC1)OCC(C(=O)O)N2C(=O)c1cccc2ccccc12. The van der Waals surface area contributed by atoms with Crippen LogP contribution in [0, 0.1) is 0 Å². The molecule has 0 aliphatic carbocycles. The fourth-order valence-corrected chi connectivity index (χ4v) is 4.32. The molecular weight excluding hydrogens is 344 g/mol. The minimum Gasteiger partial charge on any atom is -0.480 e. The average molecular weight is 368 g/mol. The van der Waals surface area contributed by atoms with Gasteiger partial charge in [0.2, 0.25) is 0 Å². The van der Waals surface area contributed by atoms with E-state index in [4.69, 9.17) is 4.74 Å². The molecule has 6 heteroatoms. The molecule has 0 saturated carbocycles. The van der Waals surface area contributed by atoms with E-state index in [0.717, 1.165) is 30.4 Å². The van der Waals surface area contributed by atoms with Crippen LogP contribution in [-0.4, -0.2) is 64.8 Å². The van der Waals surface area contributed by atoms with E-state index < -0.39 is 17.7 Å². The predicted octanol–water partition coefficient (Wildman–Crippen LogP) is 2.58. The fourth-order valence-electron chi connectivity index (χ4n) is 4.32. The van der Waals surface area contributed by atoms with Gasteiger partial charge >= 0.3 is 5.97 Å². The van der Waals surface area contributed by atoms with Crippen molar-refractivity contribution in [2.24, 2.45) is 0 Å². The molecule has 27 heavy (non-hydrogen) atoms. The van der Waals surface area contributed by atoms with E-state index in [2.05, 4.69) is 11.8 Å². The Morgan fingerprint density at radius 1 is 1.15 bits per heavy atom. The first kappa shape index (κ1) is 17.9. The lowest BCUT2D eigenvalue weighted by Gasteiger charge is -2.44. The molecule has 2 aromatic rings. The van der Waals surface area contributed by atoms with Gasteiger partial charge in [-0.2, -0.15) is 0 Å². The third-order valence-corrected chi connectivity index (χ3v) is 5.87. The summed E-state index contributed by atoms with van der Waals surface area (Å²) in [7, 11) is 0. The summed E-state index contributed by atoms with van der Waals surface area (Å²) in [4.78, 5) is 29.2. The van der Waals surface area contributed by atoms with Crippen LogP contribution in [0.2, 0.25) is 0 Å². The summed E-state index contributed by atoms with van der Waals surface area (Å²) in [5.41, 5.74) is -0.301. The van der Waals surface area contributed by atoms with Crippen molar-refractivity contribution < 1.29 is 19.4 Å². The zero-order valence-corrected chi connectivity index (χ0v) is 15.4. The number of hydrogen-bond acceptors (Lipinski definition) is 4. The molecule has 6 nitrogen and oxygen atoms in total. The number of carboxylic acid groups (broad SMARTS) is 1. The zero-order chi connectivity index (χ0) is 19.0. The van der Waals surface area contributed by atoms with E-state index in [9.17, 15) is 14.7 Å². The lowest BCUT2D eigenvalue weighted by Crippen LogP contribution is -2.58. The second-order valence-electron chi connectivity index (χ2n) is 7.25. The number of carbonyl (C=O) groups is 2. The van der Waals surface area contributed by atoms with Gasteiger partial charge in [-0.15, -0.1) is 0 Å². The highest BCUT2D eigenvalue weighted by atomic mass is 16.5. The molecule has 1 N–H and O–H groups in total. The Morgan fingerprint density at radius 3 is 2.56 bits per heavy atom. The molecular formula is C21H24N2O4. The van der Waals surface area contributed by atoms with Gasteiger partial charge in [0.25, 0.3) is 5.91 Å². The van der Waals surface area contributed by atoms with Crippen LogP contribution in [0.15, 0.2) is 42.5 Å². The summed E-state index contributed by atoms with van der Waals surface area (Å²) in [5.74, 6) is -1.28. The summed E-state index contributed by atoms with van der Waals surface area (Å²) in [5, 5.41) is 11.5. The van der Waals surface area contributed by atoms with Gasteiger partial charge in [0.1, 0.15) is 5.72 Å². The zero-order valence-electron chi connectivity index (χ0n) is 15.4. The molecule has 0 radical (unpaired) electrons. The number of carbonyl (C=O) groups excluding carboxylic acids is 1. The van der Waals surface area contributed by atoms with Gasteiger partial charge in [-0.1, -0.05) is 43.3 Å². The van der Waals surface area contributed by atoms with Crippen LogP contribution in [0.4, 0.5) is 0 Å². The molecule has 2 saturated heterocycles. The Morgan fingerprint density at radius 2 is 1.85 bits per heavy atom. The van der Waals surface area contributed by atoms with E-state index in [1.807, 2.05) is 36.4 Å². The Labute approximate surface area is 158 Å². The number of benzene rings is 2. The fraction of sp³-hybridized carbons (Fsp3) is 0.429. The second kappa shape index (κ2) is 6.94. The van der Waals surface area contributed by atoms with Crippen molar-refractivity contribution in [1.29, 1.82) is 0 Å². The first-order valence-corrected chi connectivity index (χ1v) is 9.46. The second-order valence-corrected chi connectivity index (χ2v) is 7.25. The minimum atomic E-state index is -1.02. The number of aliphatic carboxylic acids is 1. The normalized spacial score (nSPS) is 22.4. The number of rotatable bonds is 3. The summed E-state index contributed by atoms with van der Waals surface area (Å²) < 4.78 is 6.01. The maximum atomic E-state index is 13.6. The molecule has 2 aromatic carbocycles. The number of nitrogens with zero attached hydrogens (tertiary/aromatic N) is 2. The number of carboxylic acids is 1. The van der Waals surface area contributed by atoms with Crippen LogP contribution in [0.1, 0.15) is 30.1 Å². The summed E-state index contributed by atoms with van der Waals surface area (Å²) in [6.07, 6.45) is 1.25. The lowest BCUT2D eigenvalue weighted by atomic mass is 9.95. The number of likely N-dealkylation sites (tertiary alicyclic amines) is 1. The number of amides is 1. The van der Waals surface area contributed by atoms with Crippen molar-refractivity contribution >= 4 is 22.6 Å². The van der Waals surface area contributed by atoms with Crippen LogP contribution in [0.3, 0.4) is 0 Å². The molecule has 2 fully saturated rings. The van der Waals surface area contributed by atoms with Gasteiger partial charge in [0, 0.05) is 31.5 Å². The third kappa shape index (κ3) is 2.99. The highest BCUT2D eigenvalue weighted by molar-refractivity contribution is 6.08. The molecule has 1 atom stereocenters. The molecule has 2 aliphatic heterocycles. The standard InChI is InChI=1S/C21H24N2O4/c1-2-22-12-10-21(11-13-22)23(18(14-27-21)20(25)26)19(24)17-9-5-7-15-6-3-4-8-16(15)17/h3-9,18H,2,10-14H2,1H3,(H,25,26). The summed E-state index contributed by atoms with van der Waals surface area (Å²) in [6, 6.07) is 12.3. The van der Waals surface area contributed by atoms with Gasteiger partial charge in [-0.25, -0.2) is 4.79 Å². The maximum Gasteiger partial charge on any atom is 0.328 e. The first-order valence-electron chi connectivity index (χ1n) is 9.46. The van der Waals surface area contributed by atoms with E-state index in [1.165, 1.54) is 4.90 Å². The van der Waals surface area contributed by atoms with Crippen molar-refractivity contribution in [1.82, 2.24) is 9.80 Å². The maximum absolute atomic E-state index is 13.6. The number of piperidine rings is 1. The van der Waals surface area contributed by atoms with Gasteiger partial charge in [0.05, 0.1) is 6.61 Å². The topological polar surface area (TPSA) is 70.1 Å². The average Bonchev–Trinajstić information content (AvgIpc) is 3.06. The summed E-state index contributed by atoms with van der Waals surface area (Å²) >= 11 is 0. The smallest absolute Gasteiger partial charge is 0.328 e. The monoisotopic (exact) mass is 368 g/mol. The van der Waals surface area contributed by atoms with Crippen molar-refractivity contribution in [2.75, 3.05) is 26.2 Å². The Bertz CT molecular complexity index is 868. The number of hydrogen-bond donors (Lipinski definition) is 1. The third-order valence-electron chi connectivity index (χ3n) is 5.87. The lowest BCUT2D eigenvalue weighted by molar-refractivity contribution is -0.143. The van der Waals surface area contributed by atoms with Crippen molar-refractivity contribution in [2.45, 2.75) is 31.5 Å². The van der Waals surface area contributed by atoms with Gasteiger partial charge in [-0.05, 0) is 23.4 Å². The van der Waals surface area contributed by atoms with E-state index >= 15 is 0 Å². The van der Waals surface area contributed by atoms with Crippen LogP contribution in [-0.2, 0) is 9.53 Å². The highest BCUT2D eigenvalue weighted by Gasteiger charge is 2.54.